The highest BCUT2D eigenvalue weighted by Crippen LogP contribution is 2.68. The molecule has 5 rings (SSSR count). The third kappa shape index (κ3) is 3.28. The van der Waals surface area contributed by atoms with Gasteiger partial charge in [-0.1, -0.05) is 75.3 Å². The molecule has 0 radical (unpaired) electrons. The molecule has 3 saturated carbocycles. The van der Waals surface area contributed by atoms with Crippen LogP contribution in [0.25, 0.3) is 0 Å². The first kappa shape index (κ1) is 23.8. The molecule has 0 aromatic heterocycles. The van der Waals surface area contributed by atoms with Crippen molar-refractivity contribution in [2.45, 2.75) is 77.2 Å². The van der Waals surface area contributed by atoms with Crippen LogP contribution in [0.2, 0.25) is 13.1 Å². The number of aliphatic hydroxyl groups excluding tert-OH is 1. The van der Waals surface area contributed by atoms with Crippen molar-refractivity contribution in [3.05, 3.63) is 54.1 Å². The van der Waals surface area contributed by atoms with Crippen molar-refractivity contribution in [1.82, 2.24) is 0 Å². The molecule has 1 aromatic carbocycles. The minimum atomic E-state index is -2.07. The standard InChI is InChI=1S/C30H38O3Si/c1-20-17-25-24-12-11-21-18-22(31)13-14-28(21,2)27(24)26(32)19-29(25,3)30(20,33)15-16-34(4,5)23-9-7-6-8-10-23/h6-10,18,24-27,32-33H,1,11-14,17,19H2,2-5H3/t24?,25-,26-,27+,28-,29-,30-/m0/s1. The van der Waals surface area contributed by atoms with Crippen LogP contribution in [-0.2, 0) is 4.79 Å². The highest BCUT2D eigenvalue weighted by molar-refractivity contribution is 6.96. The van der Waals surface area contributed by atoms with Gasteiger partial charge in [-0.05, 0) is 72.1 Å². The molecule has 3 fully saturated rings. The number of fused-ring (bicyclic) bond motifs is 5. The fraction of sp³-hybridized carbons (Fsp3) is 0.567. The third-order valence-corrected chi connectivity index (χ3v) is 12.7. The van der Waals surface area contributed by atoms with Crippen LogP contribution in [0.1, 0.15) is 52.4 Å². The van der Waals surface area contributed by atoms with E-state index < -0.39 is 25.2 Å². The van der Waals surface area contributed by atoms with Gasteiger partial charge in [-0.3, -0.25) is 4.79 Å². The number of ketones is 1. The lowest BCUT2D eigenvalue weighted by molar-refractivity contribution is -0.153. The molecule has 1 aromatic rings. The Morgan fingerprint density at radius 1 is 1.15 bits per heavy atom. The Balaban J connectivity index is 1.52. The number of hydrogen-bond donors (Lipinski definition) is 2. The smallest absolute Gasteiger partial charge is 0.162 e. The summed E-state index contributed by atoms with van der Waals surface area (Å²) in [7, 11) is -2.07. The van der Waals surface area contributed by atoms with E-state index in [0.29, 0.717) is 18.8 Å². The Bertz CT molecular complexity index is 1120. The van der Waals surface area contributed by atoms with Crippen LogP contribution in [-0.4, -0.2) is 35.8 Å². The Labute approximate surface area is 205 Å². The number of benzene rings is 1. The predicted octanol–water partition coefficient (Wildman–Crippen LogP) is 4.54. The number of rotatable bonds is 1. The third-order valence-electron chi connectivity index (χ3n) is 10.1. The lowest BCUT2D eigenvalue weighted by atomic mass is 9.45. The first-order chi connectivity index (χ1) is 15.9. The normalized spacial score (nSPS) is 41.5. The molecule has 4 aliphatic carbocycles. The van der Waals surface area contributed by atoms with Crippen molar-refractivity contribution < 1.29 is 15.0 Å². The van der Waals surface area contributed by atoms with Crippen molar-refractivity contribution >= 4 is 19.0 Å². The zero-order chi connectivity index (χ0) is 24.5. The summed E-state index contributed by atoms with van der Waals surface area (Å²) < 4.78 is 0. The number of allylic oxidation sites excluding steroid dienone is 1. The molecular weight excluding hydrogens is 436 g/mol. The summed E-state index contributed by atoms with van der Waals surface area (Å²) in [6, 6.07) is 10.4. The summed E-state index contributed by atoms with van der Waals surface area (Å²) in [5.74, 6) is 4.27. The van der Waals surface area contributed by atoms with Gasteiger partial charge in [-0.2, -0.15) is 0 Å². The van der Waals surface area contributed by atoms with Crippen LogP contribution in [0.4, 0.5) is 0 Å². The number of carbonyl (C=O) groups excluding carboxylic acids is 1. The van der Waals surface area contributed by atoms with Crippen LogP contribution < -0.4 is 5.19 Å². The van der Waals surface area contributed by atoms with Crippen molar-refractivity contribution in [2.75, 3.05) is 0 Å². The zero-order valence-electron chi connectivity index (χ0n) is 21.0. The summed E-state index contributed by atoms with van der Waals surface area (Å²) in [4.78, 5) is 12.1. The van der Waals surface area contributed by atoms with Crippen molar-refractivity contribution in [3.8, 4) is 11.5 Å². The number of hydrogen-bond acceptors (Lipinski definition) is 3. The molecule has 0 saturated heterocycles. The second-order valence-corrected chi connectivity index (χ2v) is 16.4. The van der Waals surface area contributed by atoms with Gasteiger partial charge in [0.25, 0.3) is 0 Å². The maximum atomic E-state index is 12.1. The van der Waals surface area contributed by atoms with Gasteiger partial charge in [-0.15, -0.1) is 5.54 Å². The van der Waals surface area contributed by atoms with Gasteiger partial charge >= 0.3 is 0 Å². The van der Waals surface area contributed by atoms with Gasteiger partial charge in [0, 0.05) is 11.8 Å². The maximum Gasteiger partial charge on any atom is 0.162 e. The highest BCUT2D eigenvalue weighted by Gasteiger charge is 2.67. The summed E-state index contributed by atoms with van der Waals surface area (Å²) in [6.45, 7) is 13.2. The topological polar surface area (TPSA) is 57.5 Å². The molecule has 0 amide bonds. The van der Waals surface area contributed by atoms with Gasteiger partial charge in [0.1, 0.15) is 0 Å². The summed E-state index contributed by atoms with van der Waals surface area (Å²) in [6.07, 6.45) is 5.88. The second kappa shape index (κ2) is 7.78. The van der Waals surface area contributed by atoms with Gasteiger partial charge < -0.3 is 10.2 Å². The van der Waals surface area contributed by atoms with Crippen LogP contribution in [0, 0.1) is 40.0 Å². The molecule has 7 atom stereocenters. The predicted molar refractivity (Wildman–Crippen MR) is 139 cm³/mol. The number of aliphatic hydroxyl groups is 2. The van der Waals surface area contributed by atoms with Crippen LogP contribution >= 0.6 is 0 Å². The van der Waals surface area contributed by atoms with Gasteiger partial charge in [0.15, 0.2) is 19.5 Å². The summed E-state index contributed by atoms with van der Waals surface area (Å²) >= 11 is 0. The van der Waals surface area contributed by atoms with Crippen LogP contribution in [0.5, 0.6) is 0 Å². The van der Waals surface area contributed by atoms with E-state index in [1.807, 2.05) is 12.1 Å². The maximum absolute atomic E-state index is 12.1. The van der Waals surface area contributed by atoms with E-state index in [0.717, 1.165) is 31.3 Å². The fourth-order valence-corrected chi connectivity index (χ4v) is 9.71. The van der Waals surface area contributed by atoms with E-state index >= 15 is 0 Å². The Morgan fingerprint density at radius 2 is 1.85 bits per heavy atom. The van der Waals surface area contributed by atoms with E-state index in [4.69, 9.17) is 0 Å². The SMILES string of the molecule is C=C1C[C@H]2C3CCC4=CC(=O)CC[C@]4(C)[C@H]3[C@@H](O)C[C@]2(C)[C@]1(O)C#C[Si](C)(C)c1ccccc1. The largest absolute Gasteiger partial charge is 0.393 e. The molecule has 34 heavy (non-hydrogen) atoms. The van der Waals surface area contributed by atoms with E-state index in [1.165, 1.54) is 10.8 Å². The fourth-order valence-electron chi connectivity index (χ4n) is 8.05. The number of carbonyl (C=O) groups is 1. The second-order valence-electron chi connectivity index (χ2n) is 12.3. The van der Waals surface area contributed by atoms with Crippen LogP contribution in [0.3, 0.4) is 0 Å². The van der Waals surface area contributed by atoms with E-state index in [2.05, 4.69) is 69.3 Å². The zero-order valence-corrected chi connectivity index (χ0v) is 22.0. The van der Waals surface area contributed by atoms with Gasteiger partial charge in [0.2, 0.25) is 0 Å². The van der Waals surface area contributed by atoms with Gasteiger partial charge in [0.05, 0.1) is 6.10 Å². The van der Waals surface area contributed by atoms with E-state index in [9.17, 15) is 15.0 Å². The molecule has 0 bridgehead atoms. The lowest BCUT2D eigenvalue weighted by Gasteiger charge is -2.60. The quantitative estimate of drug-likeness (QED) is 0.357. The molecule has 3 nitrogen and oxygen atoms in total. The Hall–Kier alpha value is -1.93. The van der Waals surface area contributed by atoms with Crippen molar-refractivity contribution in [3.63, 3.8) is 0 Å². The van der Waals surface area contributed by atoms with Crippen molar-refractivity contribution in [1.29, 1.82) is 0 Å². The summed E-state index contributed by atoms with van der Waals surface area (Å²) in [5.41, 5.74) is 3.63. The molecule has 2 N–H and O–H groups in total. The average Bonchev–Trinajstić information content (AvgIpc) is 2.99. The molecule has 1 unspecified atom stereocenters. The van der Waals surface area contributed by atoms with Crippen molar-refractivity contribution in [2.24, 2.45) is 28.6 Å². The molecule has 0 heterocycles. The molecule has 180 valence electrons. The minimum Gasteiger partial charge on any atom is -0.393 e. The van der Waals surface area contributed by atoms with E-state index in [1.54, 1.807) is 0 Å². The highest BCUT2D eigenvalue weighted by atomic mass is 28.3. The average molecular weight is 475 g/mol. The minimum absolute atomic E-state index is 0.122. The molecule has 4 aliphatic rings. The van der Waals surface area contributed by atoms with Gasteiger partial charge in [-0.25, -0.2) is 0 Å². The first-order valence-electron chi connectivity index (χ1n) is 12.8. The summed E-state index contributed by atoms with van der Waals surface area (Å²) in [5, 5.41) is 25.0. The van der Waals surface area contributed by atoms with E-state index in [-0.39, 0.29) is 23.0 Å². The molecule has 4 heteroatoms. The Morgan fingerprint density at radius 3 is 2.56 bits per heavy atom. The monoisotopic (exact) mass is 474 g/mol. The molecule has 0 spiro atoms. The Kier molecular flexibility index (Phi) is 5.45. The molecular formula is C30H38O3Si. The first-order valence-corrected chi connectivity index (χ1v) is 15.8. The lowest BCUT2D eigenvalue weighted by Crippen LogP contribution is -2.59. The van der Waals surface area contributed by atoms with Crippen LogP contribution in [0.15, 0.2) is 54.1 Å². The molecule has 0 aliphatic heterocycles.